The van der Waals surface area contributed by atoms with Crippen LogP contribution in [0.2, 0.25) is 0 Å². The highest BCUT2D eigenvalue weighted by Crippen LogP contribution is 2.57. The van der Waals surface area contributed by atoms with Crippen LogP contribution in [0.5, 0.6) is 11.5 Å². The lowest BCUT2D eigenvalue weighted by Gasteiger charge is -2.38. The highest BCUT2D eigenvalue weighted by molar-refractivity contribution is 7.51. The van der Waals surface area contributed by atoms with Crippen LogP contribution in [0.4, 0.5) is 11.6 Å². The number of hydrogen-bond donors (Lipinski definition) is 3. The Labute approximate surface area is 449 Å². The summed E-state index contributed by atoms with van der Waals surface area (Å²) in [6, 6.07) is 44.5. The third kappa shape index (κ3) is 10.3. The summed E-state index contributed by atoms with van der Waals surface area (Å²) in [6.45, 7) is -0.284. The van der Waals surface area contributed by atoms with Crippen LogP contribution >= 0.6 is 7.75 Å². The Morgan fingerprint density at radius 1 is 0.641 bits per heavy atom. The second-order valence-corrected chi connectivity index (χ2v) is 20.8. The molecule has 2 aliphatic heterocycles. The molecule has 1 unspecified atom stereocenters. The molecule has 0 bridgehead atoms. The molecule has 402 valence electrons. The highest BCUT2D eigenvalue weighted by Gasteiger charge is 2.50. The number of hydrogen-bond acceptors (Lipinski definition) is 18. The van der Waals surface area contributed by atoms with Crippen molar-refractivity contribution in [2.24, 2.45) is 0 Å². The Bertz CT molecular complexity index is 3400. The van der Waals surface area contributed by atoms with Crippen LogP contribution < -0.4 is 20.9 Å². The molecule has 11 rings (SSSR count). The molecule has 5 aromatic carbocycles. The van der Waals surface area contributed by atoms with Crippen LogP contribution in [0.25, 0.3) is 22.3 Å². The Morgan fingerprint density at radius 3 is 1.69 bits per heavy atom. The van der Waals surface area contributed by atoms with Crippen LogP contribution in [-0.4, -0.2) is 114 Å². The Kier molecular flexibility index (Phi) is 15.3. The molecule has 0 spiro atoms. The first-order valence-electron chi connectivity index (χ1n) is 25.2. The summed E-state index contributed by atoms with van der Waals surface area (Å²) in [6.07, 6.45) is -1.15. The van der Waals surface area contributed by atoms with Crippen molar-refractivity contribution >= 4 is 41.7 Å². The van der Waals surface area contributed by atoms with Crippen LogP contribution in [-0.2, 0) is 51.3 Å². The minimum Gasteiger partial charge on any atom is -0.497 e. The van der Waals surface area contributed by atoms with Gasteiger partial charge in [0.1, 0.15) is 77.5 Å². The summed E-state index contributed by atoms with van der Waals surface area (Å²) in [5.41, 5.74) is 16.8. The smallest absolute Gasteiger partial charge is 0.409 e. The van der Waals surface area contributed by atoms with Gasteiger partial charge in [-0.3, -0.25) is 18.2 Å². The molecule has 4 aromatic heterocycles. The molecule has 8 atom stereocenters. The lowest BCUT2D eigenvalue weighted by atomic mass is 9.80. The summed E-state index contributed by atoms with van der Waals surface area (Å²) in [5, 5.41) is 12.0. The van der Waals surface area contributed by atoms with Gasteiger partial charge in [-0.1, -0.05) is 115 Å². The molecule has 0 radical (unpaired) electrons. The predicted molar refractivity (Wildman–Crippen MR) is 288 cm³/mol. The molecule has 21 nitrogen and oxygen atoms in total. The topological polar surface area (TPSA) is 254 Å². The number of methoxy groups -OCH3 is 3. The van der Waals surface area contributed by atoms with Crippen LogP contribution in [0, 0.1) is 0 Å². The Morgan fingerprint density at radius 2 is 1.15 bits per heavy atom. The van der Waals surface area contributed by atoms with E-state index in [9.17, 15) is 5.11 Å². The number of fused-ring (bicyclic) bond motifs is 2. The third-order valence-electron chi connectivity index (χ3n) is 14.2. The quantitative estimate of drug-likeness (QED) is 0.0462. The summed E-state index contributed by atoms with van der Waals surface area (Å²) in [5.74, 6) is 1.69. The van der Waals surface area contributed by atoms with E-state index in [2.05, 4.69) is 29.9 Å². The average Bonchev–Trinajstić information content (AvgIpc) is 4.35. The molecule has 9 aromatic rings. The SMILES string of the molecule is COc1ccc(C(OC[C@H]2O[C@@H](n3cnc4c(N)ncnc43)C[C@@H]2OP(=O)(OC[C@H]2O[C@@H](n3cnc4c(N)ncnc43)[C@H](OC)[C@@H]2O)N(Cc2ccccc2)Cc2ccccc2)(c2ccccc2)c2ccc(OC)cc2)cc1. The van der Waals surface area contributed by atoms with Gasteiger partial charge in [0.2, 0.25) is 0 Å². The van der Waals surface area contributed by atoms with E-state index in [1.54, 1.807) is 34.4 Å². The molecule has 2 fully saturated rings. The lowest BCUT2D eigenvalue weighted by Crippen LogP contribution is -2.39. The van der Waals surface area contributed by atoms with E-state index < -0.39 is 62.9 Å². The van der Waals surface area contributed by atoms with E-state index >= 15 is 4.57 Å². The first kappa shape index (κ1) is 52.4. The number of benzene rings is 5. The standard InChI is InChI=1S/C56H58N11O10P/c1-70-41-23-19-39(20-24-41)56(38-17-11-6-12-18-38,40-21-25-42(71-2)26-22-40)73-30-44-43(27-46(75-44)66-34-63-47-51(57)59-32-61-53(47)66)77-78(69,65(28-36-13-7-4-8-14-36)29-37-15-9-5-10-16-37)74-31-45-49(68)50(72-3)55(76-45)67-35-64-48-52(58)60-33-62-54(48)67/h4-26,32-35,43-46,49-50,55,68H,27-31H2,1-3H3,(H2,57,59,61)(H2,58,60,62)/t43-,44+,45+,46+,49+,50+,55+,78?/m0/s1. The second kappa shape index (κ2) is 22.7. The summed E-state index contributed by atoms with van der Waals surface area (Å²) in [4.78, 5) is 26.2. The van der Waals surface area contributed by atoms with Crippen molar-refractivity contribution in [1.82, 2.24) is 43.7 Å². The van der Waals surface area contributed by atoms with Gasteiger partial charge in [-0.05, 0) is 52.1 Å². The lowest BCUT2D eigenvalue weighted by molar-refractivity contribution is -0.0935. The van der Waals surface area contributed by atoms with E-state index in [1.807, 2.05) is 140 Å². The second-order valence-electron chi connectivity index (χ2n) is 18.8. The van der Waals surface area contributed by atoms with E-state index in [4.69, 9.17) is 48.9 Å². The highest BCUT2D eigenvalue weighted by atomic mass is 31.2. The van der Waals surface area contributed by atoms with E-state index in [-0.39, 0.29) is 37.8 Å². The summed E-state index contributed by atoms with van der Waals surface area (Å²) >= 11 is 0. The van der Waals surface area contributed by atoms with E-state index in [1.165, 1.54) is 26.1 Å². The third-order valence-corrected chi connectivity index (χ3v) is 16.2. The number of rotatable bonds is 21. The zero-order valence-corrected chi connectivity index (χ0v) is 43.8. The number of imidazole rings is 2. The van der Waals surface area contributed by atoms with Gasteiger partial charge in [0.05, 0.1) is 40.1 Å². The molecular formula is C56H58N11O10P. The van der Waals surface area contributed by atoms with Crippen molar-refractivity contribution in [1.29, 1.82) is 0 Å². The van der Waals surface area contributed by atoms with Gasteiger partial charge in [-0.25, -0.2) is 34.5 Å². The molecule has 22 heteroatoms. The van der Waals surface area contributed by atoms with Crippen molar-refractivity contribution in [2.45, 2.75) is 68.1 Å². The van der Waals surface area contributed by atoms with Gasteiger partial charge >= 0.3 is 7.75 Å². The minimum atomic E-state index is -4.58. The fourth-order valence-corrected chi connectivity index (χ4v) is 12.2. The normalized spacial score (nSPS) is 21.3. The average molecular weight is 1080 g/mol. The van der Waals surface area contributed by atoms with Gasteiger partial charge in [0.25, 0.3) is 0 Å². The van der Waals surface area contributed by atoms with Gasteiger partial charge in [-0.15, -0.1) is 0 Å². The van der Waals surface area contributed by atoms with Crippen molar-refractivity contribution in [3.8, 4) is 11.5 Å². The van der Waals surface area contributed by atoms with Crippen molar-refractivity contribution < 1.29 is 47.1 Å². The van der Waals surface area contributed by atoms with Crippen LogP contribution in [0.15, 0.2) is 165 Å². The van der Waals surface area contributed by atoms with Gasteiger partial charge < -0.3 is 45.0 Å². The maximum Gasteiger partial charge on any atom is 0.409 e. The number of ether oxygens (including phenoxy) is 6. The number of nitrogen functional groups attached to an aromatic ring is 2. The largest absolute Gasteiger partial charge is 0.497 e. The van der Waals surface area contributed by atoms with Crippen LogP contribution in [0.3, 0.4) is 0 Å². The number of aromatic nitrogens is 8. The Balaban J connectivity index is 1.000. The van der Waals surface area contributed by atoms with Crippen molar-refractivity contribution in [3.63, 3.8) is 0 Å². The predicted octanol–water partition coefficient (Wildman–Crippen LogP) is 7.63. The minimum absolute atomic E-state index is 0.111. The molecule has 0 amide bonds. The van der Waals surface area contributed by atoms with Crippen molar-refractivity contribution in [2.75, 3.05) is 46.0 Å². The molecule has 2 aliphatic rings. The van der Waals surface area contributed by atoms with E-state index in [0.29, 0.717) is 33.8 Å². The maximum atomic E-state index is 16.7. The molecule has 0 aliphatic carbocycles. The zero-order valence-electron chi connectivity index (χ0n) is 42.9. The Hall–Kier alpha value is -7.69. The first-order chi connectivity index (χ1) is 38.1. The fraction of sp³-hybridized carbons (Fsp3) is 0.286. The van der Waals surface area contributed by atoms with Crippen molar-refractivity contribution in [3.05, 3.63) is 193 Å². The summed E-state index contributed by atoms with van der Waals surface area (Å²) in [7, 11) is 0.112. The first-order valence-corrected chi connectivity index (χ1v) is 26.7. The summed E-state index contributed by atoms with van der Waals surface area (Å²) < 4.78 is 73.8. The zero-order chi connectivity index (χ0) is 53.8. The number of aliphatic hydroxyl groups excluding tert-OH is 1. The monoisotopic (exact) mass is 1080 g/mol. The van der Waals surface area contributed by atoms with E-state index in [0.717, 1.165) is 27.8 Å². The molecule has 2 saturated heterocycles. The van der Waals surface area contributed by atoms with Crippen LogP contribution in [0.1, 0.15) is 46.7 Å². The number of aliphatic hydroxyl groups is 1. The number of anilines is 2. The maximum absolute atomic E-state index is 16.7. The molecule has 6 heterocycles. The molecular weight excluding hydrogens is 1020 g/mol. The van der Waals surface area contributed by atoms with Gasteiger partial charge in [-0.2, -0.15) is 4.67 Å². The van der Waals surface area contributed by atoms with Gasteiger partial charge in [0.15, 0.2) is 29.2 Å². The molecule has 78 heavy (non-hydrogen) atoms. The number of nitrogens with two attached hydrogens (primary N) is 2. The fourth-order valence-electron chi connectivity index (χ4n) is 10.2. The van der Waals surface area contributed by atoms with Gasteiger partial charge in [0, 0.05) is 26.6 Å². The number of nitrogens with zero attached hydrogens (tertiary/aromatic N) is 9. The molecule has 5 N–H and O–H groups in total. The molecule has 0 saturated carbocycles.